The van der Waals surface area contributed by atoms with Gasteiger partial charge in [0.1, 0.15) is 0 Å². The molecule has 0 heteroatoms. The number of unbranched alkanes of at least 4 members (excludes halogenated alkanes) is 22. The van der Waals surface area contributed by atoms with Crippen molar-refractivity contribution in [3.8, 4) is 0 Å². The SMILES string of the molecule is CCCCCCCC/C=C\CCCCCC(CC)CCCCCCCCCCCCCCCC. The van der Waals surface area contributed by atoms with E-state index in [0.29, 0.717) is 0 Å². The van der Waals surface area contributed by atoms with Gasteiger partial charge in [0.2, 0.25) is 0 Å². The lowest BCUT2D eigenvalue weighted by molar-refractivity contribution is 0.394. The summed E-state index contributed by atoms with van der Waals surface area (Å²) in [6.45, 7) is 7.02. The molecule has 0 spiro atoms. The van der Waals surface area contributed by atoms with E-state index in [2.05, 4.69) is 32.9 Å². The zero-order chi connectivity index (χ0) is 24.8. The summed E-state index contributed by atoms with van der Waals surface area (Å²) in [5, 5.41) is 0. The van der Waals surface area contributed by atoms with Crippen LogP contribution >= 0.6 is 0 Å². The molecule has 0 aromatic carbocycles. The third-order valence-corrected chi connectivity index (χ3v) is 7.92. The first kappa shape index (κ1) is 33.7. The molecule has 0 amide bonds. The van der Waals surface area contributed by atoms with Crippen LogP contribution in [0.5, 0.6) is 0 Å². The summed E-state index contributed by atoms with van der Waals surface area (Å²) in [4.78, 5) is 0. The number of hydrogen-bond acceptors (Lipinski definition) is 0. The van der Waals surface area contributed by atoms with E-state index < -0.39 is 0 Å². The van der Waals surface area contributed by atoms with E-state index in [0.717, 1.165) is 5.92 Å². The molecule has 0 aromatic rings. The topological polar surface area (TPSA) is 0 Å². The molecule has 0 heterocycles. The van der Waals surface area contributed by atoms with Gasteiger partial charge in [0.05, 0.1) is 0 Å². The molecule has 0 saturated carbocycles. The van der Waals surface area contributed by atoms with Gasteiger partial charge in [-0.2, -0.15) is 0 Å². The summed E-state index contributed by atoms with van der Waals surface area (Å²) in [5.74, 6) is 1.00. The molecule has 204 valence electrons. The Balaban J connectivity index is 3.32. The first-order chi connectivity index (χ1) is 16.8. The van der Waals surface area contributed by atoms with Crippen LogP contribution in [0.15, 0.2) is 12.2 Å². The molecule has 0 aliphatic rings. The molecule has 0 fully saturated rings. The zero-order valence-electron chi connectivity index (χ0n) is 24.5. The average Bonchev–Trinajstić information content (AvgIpc) is 2.85. The maximum absolute atomic E-state index is 2.46. The summed E-state index contributed by atoms with van der Waals surface area (Å²) >= 11 is 0. The van der Waals surface area contributed by atoms with Gasteiger partial charge in [-0.3, -0.25) is 0 Å². The minimum Gasteiger partial charge on any atom is -0.0885 e. The highest BCUT2D eigenvalue weighted by Crippen LogP contribution is 2.22. The standard InChI is InChI=1S/C34H68/c1-4-7-9-11-13-15-17-19-21-23-25-27-29-31-33-34(6-3)32-30-28-26-24-22-20-18-16-14-12-10-8-5-2/h20,22,34H,4-19,21,23-33H2,1-3H3/b22-20-. The van der Waals surface area contributed by atoms with Gasteiger partial charge < -0.3 is 0 Å². The molecule has 0 radical (unpaired) electrons. The Morgan fingerprint density at radius 2 is 0.647 bits per heavy atom. The van der Waals surface area contributed by atoms with Crippen molar-refractivity contribution in [3.63, 3.8) is 0 Å². The Bertz CT molecular complexity index is 368. The van der Waals surface area contributed by atoms with Crippen molar-refractivity contribution < 1.29 is 0 Å². The van der Waals surface area contributed by atoms with Gasteiger partial charge in [0.25, 0.3) is 0 Å². The fourth-order valence-electron chi connectivity index (χ4n) is 5.33. The van der Waals surface area contributed by atoms with E-state index >= 15 is 0 Å². The van der Waals surface area contributed by atoms with E-state index in [1.165, 1.54) is 180 Å². The van der Waals surface area contributed by atoms with Crippen LogP contribution < -0.4 is 0 Å². The lowest BCUT2D eigenvalue weighted by Crippen LogP contribution is -1.99. The molecule has 1 unspecified atom stereocenters. The summed E-state index contributed by atoms with van der Waals surface area (Å²) < 4.78 is 0. The van der Waals surface area contributed by atoms with Crippen molar-refractivity contribution in [1.82, 2.24) is 0 Å². The first-order valence-corrected chi connectivity index (χ1v) is 16.5. The van der Waals surface area contributed by atoms with E-state index in [1.807, 2.05) is 0 Å². The predicted octanol–water partition coefficient (Wildman–Crippen LogP) is 13.1. The van der Waals surface area contributed by atoms with E-state index in [9.17, 15) is 0 Å². The lowest BCUT2D eigenvalue weighted by Gasteiger charge is -2.14. The quantitative estimate of drug-likeness (QED) is 0.0743. The van der Waals surface area contributed by atoms with Crippen LogP contribution in [0.4, 0.5) is 0 Å². The summed E-state index contributed by atoms with van der Waals surface area (Å²) in [6.07, 6.45) is 45.3. The second-order valence-electron chi connectivity index (χ2n) is 11.3. The van der Waals surface area contributed by atoms with Crippen molar-refractivity contribution in [3.05, 3.63) is 12.2 Å². The molecule has 0 aromatic heterocycles. The summed E-state index contributed by atoms with van der Waals surface area (Å²) in [5.41, 5.74) is 0. The monoisotopic (exact) mass is 477 g/mol. The van der Waals surface area contributed by atoms with E-state index in [-0.39, 0.29) is 0 Å². The van der Waals surface area contributed by atoms with Gasteiger partial charge in [-0.15, -0.1) is 0 Å². The van der Waals surface area contributed by atoms with Gasteiger partial charge in [-0.1, -0.05) is 187 Å². The minimum absolute atomic E-state index is 1.00. The predicted molar refractivity (Wildman–Crippen MR) is 159 cm³/mol. The smallest absolute Gasteiger partial charge is 0.0351 e. The summed E-state index contributed by atoms with van der Waals surface area (Å²) in [7, 11) is 0. The highest BCUT2D eigenvalue weighted by molar-refractivity contribution is 4.81. The zero-order valence-corrected chi connectivity index (χ0v) is 24.5. The van der Waals surface area contributed by atoms with Crippen molar-refractivity contribution in [2.75, 3.05) is 0 Å². The van der Waals surface area contributed by atoms with Crippen molar-refractivity contribution in [1.29, 1.82) is 0 Å². The molecule has 0 bridgehead atoms. The van der Waals surface area contributed by atoms with Crippen LogP contribution in [0.1, 0.15) is 201 Å². The molecule has 0 saturated heterocycles. The van der Waals surface area contributed by atoms with Crippen LogP contribution in [-0.4, -0.2) is 0 Å². The number of rotatable bonds is 29. The molecule has 34 heavy (non-hydrogen) atoms. The van der Waals surface area contributed by atoms with E-state index in [4.69, 9.17) is 0 Å². The lowest BCUT2D eigenvalue weighted by atomic mass is 9.92. The normalized spacial score (nSPS) is 12.7. The Hall–Kier alpha value is -0.260. The second kappa shape index (κ2) is 30.8. The van der Waals surface area contributed by atoms with Crippen molar-refractivity contribution in [2.24, 2.45) is 5.92 Å². The largest absolute Gasteiger partial charge is 0.0885 e. The second-order valence-corrected chi connectivity index (χ2v) is 11.3. The number of hydrogen-bond donors (Lipinski definition) is 0. The van der Waals surface area contributed by atoms with Gasteiger partial charge in [0, 0.05) is 0 Å². The Kier molecular flexibility index (Phi) is 30.5. The maximum atomic E-state index is 2.46. The molecule has 1 atom stereocenters. The first-order valence-electron chi connectivity index (χ1n) is 16.5. The summed E-state index contributed by atoms with van der Waals surface area (Å²) in [6, 6.07) is 0. The van der Waals surface area contributed by atoms with Gasteiger partial charge in [0.15, 0.2) is 0 Å². The third kappa shape index (κ3) is 28.0. The van der Waals surface area contributed by atoms with Crippen LogP contribution in [0.2, 0.25) is 0 Å². The highest BCUT2D eigenvalue weighted by Gasteiger charge is 2.05. The fraction of sp³-hybridized carbons (Fsp3) is 0.941. The molecular weight excluding hydrogens is 408 g/mol. The molecule has 0 aliphatic carbocycles. The van der Waals surface area contributed by atoms with Crippen molar-refractivity contribution in [2.45, 2.75) is 201 Å². The Morgan fingerprint density at radius 1 is 0.353 bits per heavy atom. The van der Waals surface area contributed by atoms with Crippen molar-refractivity contribution >= 4 is 0 Å². The molecule has 0 N–H and O–H groups in total. The van der Waals surface area contributed by atoms with E-state index in [1.54, 1.807) is 0 Å². The van der Waals surface area contributed by atoms with Gasteiger partial charge in [-0.25, -0.2) is 0 Å². The Morgan fingerprint density at radius 3 is 1.00 bits per heavy atom. The third-order valence-electron chi connectivity index (χ3n) is 7.92. The molecule has 0 nitrogen and oxygen atoms in total. The van der Waals surface area contributed by atoms with Gasteiger partial charge >= 0.3 is 0 Å². The molecular formula is C34H68. The maximum Gasteiger partial charge on any atom is -0.0351 e. The Labute approximate surface area is 218 Å². The minimum atomic E-state index is 1.00. The van der Waals surface area contributed by atoms with Crippen LogP contribution in [-0.2, 0) is 0 Å². The van der Waals surface area contributed by atoms with Gasteiger partial charge in [-0.05, 0) is 31.6 Å². The average molecular weight is 477 g/mol. The fourth-order valence-corrected chi connectivity index (χ4v) is 5.33. The number of allylic oxidation sites excluding steroid dienone is 2. The van der Waals surface area contributed by atoms with Crippen LogP contribution in [0.3, 0.4) is 0 Å². The van der Waals surface area contributed by atoms with Crippen LogP contribution in [0, 0.1) is 5.92 Å². The van der Waals surface area contributed by atoms with Crippen LogP contribution in [0.25, 0.3) is 0 Å². The molecule has 0 rings (SSSR count). The highest BCUT2D eigenvalue weighted by atomic mass is 14.1. The molecule has 0 aliphatic heterocycles.